The maximum atomic E-state index is 3.94. The van der Waals surface area contributed by atoms with Crippen LogP contribution in [-0.4, -0.2) is 19.5 Å². The van der Waals surface area contributed by atoms with Gasteiger partial charge in [-0.1, -0.05) is 11.4 Å². The summed E-state index contributed by atoms with van der Waals surface area (Å²) in [4.78, 5) is 7.23. The summed E-state index contributed by atoms with van der Waals surface area (Å²) in [5.41, 5.74) is 4.12. The van der Waals surface area contributed by atoms with Gasteiger partial charge in [-0.15, -0.1) is 13.2 Å². The smallest absolute Gasteiger partial charge is 0.252 e. The first-order chi connectivity index (χ1) is 6.54. The van der Waals surface area contributed by atoms with Gasteiger partial charge in [0.15, 0.2) is 0 Å². The van der Waals surface area contributed by atoms with Crippen molar-refractivity contribution in [2.24, 2.45) is 0 Å². The van der Waals surface area contributed by atoms with Crippen LogP contribution in [-0.2, 0) is 0 Å². The lowest BCUT2D eigenvalue weighted by Crippen LogP contribution is -2.69. The van der Waals surface area contributed by atoms with Gasteiger partial charge in [0.05, 0.1) is 0 Å². The van der Waals surface area contributed by atoms with Crippen LogP contribution in [0.25, 0.3) is 0 Å². The van der Waals surface area contributed by atoms with E-state index >= 15 is 0 Å². The fourth-order valence-corrected chi connectivity index (χ4v) is 4.68. The van der Waals surface area contributed by atoms with E-state index in [1.54, 1.807) is 0 Å². The molecule has 0 fully saturated rings. The summed E-state index contributed by atoms with van der Waals surface area (Å²) in [6, 6.07) is 0. The van der Waals surface area contributed by atoms with Crippen molar-refractivity contribution in [1.82, 2.24) is 9.96 Å². The summed E-state index contributed by atoms with van der Waals surface area (Å²) < 4.78 is 0. The fraction of sp³-hybridized carbons (Fsp3) is 0.667. The molecule has 0 aromatic rings. The van der Waals surface area contributed by atoms with E-state index in [4.69, 9.17) is 0 Å². The Kier molecular flexibility index (Phi) is 4.52. The van der Waals surface area contributed by atoms with Crippen LogP contribution in [0.15, 0.2) is 24.6 Å². The van der Waals surface area contributed by atoms with Crippen molar-refractivity contribution in [3.8, 4) is 0 Å². The lowest BCUT2D eigenvalue weighted by molar-refractivity contribution is 0.471. The average molecular weight is 226 g/mol. The van der Waals surface area contributed by atoms with Gasteiger partial charge < -0.3 is 9.96 Å². The minimum Gasteiger partial charge on any atom is -0.314 e. The van der Waals surface area contributed by atoms with Crippen LogP contribution in [0.5, 0.6) is 0 Å². The first-order valence-electron chi connectivity index (χ1n) is 5.39. The molecule has 0 saturated carbocycles. The summed E-state index contributed by atoms with van der Waals surface area (Å²) in [6.45, 7) is 20.8. The highest BCUT2D eigenvalue weighted by Crippen LogP contribution is 2.11. The van der Waals surface area contributed by atoms with Crippen LogP contribution in [0.1, 0.15) is 41.5 Å². The summed E-state index contributed by atoms with van der Waals surface area (Å²) >= 11 is 0. The minimum atomic E-state index is -1.99. The first-order valence-corrected chi connectivity index (χ1v) is 7.55. The monoisotopic (exact) mass is 226 g/mol. The van der Waals surface area contributed by atoms with E-state index in [1.807, 2.05) is 11.4 Å². The standard InChI is InChI=1S/C12H26N2Si/c1-9-15(10-2,13-11(3,4)5)14-12(6,7)8/h9-10,13-14H,1-2H2,3-8H3. The van der Waals surface area contributed by atoms with Crippen molar-refractivity contribution in [3.63, 3.8) is 0 Å². The maximum Gasteiger partial charge on any atom is 0.252 e. The molecule has 0 rings (SSSR count). The fourth-order valence-electron chi connectivity index (χ4n) is 1.56. The highest BCUT2D eigenvalue weighted by Gasteiger charge is 2.34. The Morgan fingerprint density at radius 2 is 1.07 bits per heavy atom. The van der Waals surface area contributed by atoms with Gasteiger partial charge in [-0.25, -0.2) is 0 Å². The second kappa shape index (κ2) is 4.64. The first kappa shape index (κ1) is 14.6. The van der Waals surface area contributed by atoms with E-state index in [-0.39, 0.29) is 11.1 Å². The Labute approximate surface area is 96.0 Å². The van der Waals surface area contributed by atoms with Crippen LogP contribution in [0.4, 0.5) is 0 Å². The third kappa shape index (κ3) is 5.92. The molecule has 15 heavy (non-hydrogen) atoms. The van der Waals surface area contributed by atoms with Crippen molar-refractivity contribution in [1.29, 1.82) is 0 Å². The number of rotatable bonds is 4. The lowest BCUT2D eigenvalue weighted by Gasteiger charge is -2.39. The Bertz CT molecular complexity index is 207. The zero-order valence-corrected chi connectivity index (χ0v) is 12.1. The molecule has 2 nitrogen and oxygen atoms in total. The van der Waals surface area contributed by atoms with Crippen LogP contribution in [0, 0.1) is 0 Å². The van der Waals surface area contributed by atoms with Gasteiger partial charge >= 0.3 is 0 Å². The van der Waals surface area contributed by atoms with E-state index in [0.717, 1.165) is 0 Å². The second-order valence-electron chi connectivity index (χ2n) is 6.03. The molecule has 88 valence electrons. The Balaban J connectivity index is 4.90. The van der Waals surface area contributed by atoms with Crippen LogP contribution in [0.3, 0.4) is 0 Å². The van der Waals surface area contributed by atoms with Crippen molar-refractivity contribution >= 4 is 8.40 Å². The van der Waals surface area contributed by atoms with E-state index in [0.29, 0.717) is 0 Å². The molecule has 0 aliphatic heterocycles. The molecule has 0 saturated heterocycles. The Morgan fingerprint density at radius 3 is 1.20 bits per heavy atom. The normalized spacial score (nSPS) is 13.7. The van der Waals surface area contributed by atoms with Crippen LogP contribution in [0.2, 0.25) is 0 Å². The van der Waals surface area contributed by atoms with Gasteiger partial charge in [-0.2, -0.15) is 0 Å². The average Bonchev–Trinajstić information content (AvgIpc) is 1.98. The summed E-state index contributed by atoms with van der Waals surface area (Å²) in [6.07, 6.45) is 0. The van der Waals surface area contributed by atoms with E-state index in [2.05, 4.69) is 64.7 Å². The van der Waals surface area contributed by atoms with Crippen molar-refractivity contribution in [3.05, 3.63) is 24.6 Å². The topological polar surface area (TPSA) is 24.1 Å². The quantitative estimate of drug-likeness (QED) is 0.720. The summed E-state index contributed by atoms with van der Waals surface area (Å²) in [5.74, 6) is 0. The SMILES string of the molecule is C=C[Si](C=C)(NC(C)(C)C)NC(C)(C)C. The number of hydrogen-bond acceptors (Lipinski definition) is 2. The molecule has 0 aromatic heterocycles. The number of hydrogen-bond donors (Lipinski definition) is 2. The van der Waals surface area contributed by atoms with Gasteiger partial charge in [-0.3, -0.25) is 0 Å². The van der Waals surface area contributed by atoms with E-state index in [9.17, 15) is 0 Å². The molecule has 3 heteroatoms. The molecule has 0 aliphatic rings. The maximum absolute atomic E-state index is 3.94. The minimum absolute atomic E-state index is 0.0624. The van der Waals surface area contributed by atoms with Gasteiger partial charge in [0.1, 0.15) is 0 Å². The summed E-state index contributed by atoms with van der Waals surface area (Å²) in [7, 11) is -1.99. The Hall–Kier alpha value is -0.383. The molecule has 2 N–H and O–H groups in total. The molecule has 0 aromatic carbocycles. The zero-order valence-electron chi connectivity index (χ0n) is 11.1. The molecule has 0 bridgehead atoms. The molecule has 0 aliphatic carbocycles. The molecule has 0 radical (unpaired) electrons. The van der Waals surface area contributed by atoms with E-state index < -0.39 is 8.40 Å². The van der Waals surface area contributed by atoms with Gasteiger partial charge in [0.25, 0.3) is 8.40 Å². The molecule has 0 amide bonds. The highest BCUT2D eigenvalue weighted by atomic mass is 28.3. The third-order valence-electron chi connectivity index (χ3n) is 1.81. The molecule has 0 unspecified atom stereocenters. The lowest BCUT2D eigenvalue weighted by atomic mass is 10.1. The predicted octanol–water partition coefficient (Wildman–Crippen LogP) is 2.66. The molecule has 0 atom stereocenters. The van der Waals surface area contributed by atoms with Gasteiger partial charge in [0.2, 0.25) is 0 Å². The molecular formula is C12H26N2Si. The van der Waals surface area contributed by atoms with Crippen molar-refractivity contribution < 1.29 is 0 Å². The van der Waals surface area contributed by atoms with Crippen molar-refractivity contribution in [2.75, 3.05) is 0 Å². The van der Waals surface area contributed by atoms with Crippen LogP contribution >= 0.6 is 0 Å². The summed E-state index contributed by atoms with van der Waals surface area (Å²) in [5, 5.41) is 0. The molecule has 0 heterocycles. The largest absolute Gasteiger partial charge is 0.314 e. The second-order valence-corrected chi connectivity index (χ2v) is 9.08. The van der Waals surface area contributed by atoms with Gasteiger partial charge in [-0.05, 0) is 41.5 Å². The molecule has 0 spiro atoms. The zero-order chi connectivity index (χ0) is 12.3. The van der Waals surface area contributed by atoms with E-state index in [1.165, 1.54) is 0 Å². The van der Waals surface area contributed by atoms with Crippen molar-refractivity contribution in [2.45, 2.75) is 52.6 Å². The Morgan fingerprint density at radius 1 is 0.800 bits per heavy atom. The van der Waals surface area contributed by atoms with Gasteiger partial charge in [0, 0.05) is 11.1 Å². The van der Waals surface area contributed by atoms with Crippen LogP contribution < -0.4 is 9.96 Å². The predicted molar refractivity (Wildman–Crippen MR) is 71.9 cm³/mol. The number of nitrogens with one attached hydrogen (secondary N) is 2. The highest BCUT2D eigenvalue weighted by molar-refractivity contribution is 6.84. The third-order valence-corrected chi connectivity index (χ3v) is 5.42. The molecular weight excluding hydrogens is 200 g/mol.